The van der Waals surface area contributed by atoms with Crippen LogP contribution >= 0.6 is 0 Å². The molecule has 4 nitrogen and oxygen atoms in total. The van der Waals surface area contributed by atoms with Gasteiger partial charge in [-0.05, 0) is 46.9 Å². The van der Waals surface area contributed by atoms with Gasteiger partial charge in [0.25, 0.3) is 5.91 Å². The quantitative estimate of drug-likeness (QED) is 0.615. The summed E-state index contributed by atoms with van der Waals surface area (Å²) in [4.78, 5) is 24.8. The summed E-state index contributed by atoms with van der Waals surface area (Å²) in [7, 11) is 0. The zero-order valence-electron chi connectivity index (χ0n) is 17.0. The molecule has 3 aromatic rings. The Balaban J connectivity index is 1.63. The number of rotatable bonds is 5. The summed E-state index contributed by atoms with van der Waals surface area (Å²) in [5.74, 6) is -0.282. The molecule has 0 saturated carbocycles. The molecule has 0 heterocycles. The maximum absolute atomic E-state index is 12.6. The van der Waals surface area contributed by atoms with E-state index in [1.807, 2.05) is 54.6 Å². The highest BCUT2D eigenvalue weighted by Gasteiger charge is 2.14. The molecule has 3 rings (SSSR count). The molecule has 2 amide bonds. The van der Waals surface area contributed by atoms with Crippen molar-refractivity contribution >= 4 is 23.2 Å². The van der Waals surface area contributed by atoms with Gasteiger partial charge in [0.05, 0.1) is 6.42 Å². The van der Waals surface area contributed by atoms with Crippen LogP contribution in [0.1, 0.15) is 42.3 Å². The molecule has 4 heteroatoms. The average molecular weight is 386 g/mol. The number of hydrogen-bond donors (Lipinski definition) is 2. The minimum atomic E-state index is -0.182. The second-order valence-electron chi connectivity index (χ2n) is 8.07. The first kappa shape index (κ1) is 20.3. The van der Waals surface area contributed by atoms with Crippen molar-refractivity contribution in [2.75, 3.05) is 10.6 Å². The van der Waals surface area contributed by atoms with Gasteiger partial charge in [-0.15, -0.1) is 0 Å². The standard InChI is InChI=1S/C25H26N2O2/c1-25(2,3)20-14-12-19(13-15-20)24(29)27-22-11-7-10-21(17-22)26-23(28)16-18-8-5-4-6-9-18/h4-15,17H,16H2,1-3H3,(H,26,28)(H,27,29). The van der Waals surface area contributed by atoms with Crippen molar-refractivity contribution in [3.05, 3.63) is 95.6 Å². The van der Waals surface area contributed by atoms with Crippen LogP contribution in [-0.4, -0.2) is 11.8 Å². The van der Waals surface area contributed by atoms with Gasteiger partial charge in [-0.3, -0.25) is 9.59 Å². The third-order valence-electron chi connectivity index (χ3n) is 4.62. The maximum atomic E-state index is 12.6. The lowest BCUT2D eigenvalue weighted by Gasteiger charge is -2.19. The Morgan fingerprint density at radius 3 is 2.00 bits per heavy atom. The van der Waals surface area contributed by atoms with Gasteiger partial charge in [0.2, 0.25) is 5.91 Å². The Morgan fingerprint density at radius 1 is 0.759 bits per heavy atom. The highest BCUT2D eigenvalue weighted by Crippen LogP contribution is 2.23. The zero-order chi connectivity index (χ0) is 20.9. The van der Waals surface area contributed by atoms with Gasteiger partial charge in [0.1, 0.15) is 0 Å². The van der Waals surface area contributed by atoms with Gasteiger partial charge in [0, 0.05) is 16.9 Å². The molecule has 0 aliphatic carbocycles. The van der Waals surface area contributed by atoms with Crippen LogP contribution in [0.3, 0.4) is 0 Å². The van der Waals surface area contributed by atoms with Crippen molar-refractivity contribution in [2.45, 2.75) is 32.6 Å². The minimum Gasteiger partial charge on any atom is -0.326 e. The minimum absolute atomic E-state index is 0.0430. The number of hydrogen-bond acceptors (Lipinski definition) is 2. The lowest BCUT2D eigenvalue weighted by Crippen LogP contribution is -2.16. The van der Waals surface area contributed by atoms with E-state index < -0.39 is 0 Å². The highest BCUT2D eigenvalue weighted by molar-refractivity contribution is 6.04. The van der Waals surface area contributed by atoms with Crippen molar-refractivity contribution in [1.29, 1.82) is 0 Å². The van der Waals surface area contributed by atoms with E-state index in [1.54, 1.807) is 24.3 Å². The van der Waals surface area contributed by atoms with Crippen LogP contribution in [0, 0.1) is 0 Å². The smallest absolute Gasteiger partial charge is 0.255 e. The van der Waals surface area contributed by atoms with Gasteiger partial charge in [-0.2, -0.15) is 0 Å². The average Bonchev–Trinajstić information content (AvgIpc) is 2.68. The first-order valence-electron chi connectivity index (χ1n) is 9.67. The first-order valence-corrected chi connectivity index (χ1v) is 9.67. The monoisotopic (exact) mass is 386 g/mol. The topological polar surface area (TPSA) is 58.2 Å². The summed E-state index contributed by atoms with van der Waals surface area (Å²) in [6, 6.07) is 24.4. The van der Waals surface area contributed by atoms with Gasteiger partial charge in [0.15, 0.2) is 0 Å². The SMILES string of the molecule is CC(C)(C)c1ccc(C(=O)Nc2cccc(NC(=O)Cc3ccccc3)c2)cc1. The van der Waals surface area contributed by atoms with E-state index in [4.69, 9.17) is 0 Å². The van der Waals surface area contributed by atoms with Crippen LogP contribution in [0.2, 0.25) is 0 Å². The lowest BCUT2D eigenvalue weighted by molar-refractivity contribution is -0.115. The summed E-state index contributed by atoms with van der Waals surface area (Å²) in [6.07, 6.45) is 0.303. The Hall–Kier alpha value is -3.40. The van der Waals surface area contributed by atoms with Crippen molar-refractivity contribution < 1.29 is 9.59 Å². The molecule has 29 heavy (non-hydrogen) atoms. The number of carbonyl (C=O) groups is 2. The number of amides is 2. The molecule has 3 aromatic carbocycles. The zero-order valence-corrected chi connectivity index (χ0v) is 17.0. The summed E-state index contributed by atoms with van der Waals surface area (Å²) in [5, 5.41) is 5.77. The fraction of sp³-hybridized carbons (Fsp3) is 0.200. The van der Waals surface area contributed by atoms with E-state index in [0.29, 0.717) is 23.4 Å². The van der Waals surface area contributed by atoms with E-state index >= 15 is 0 Å². The summed E-state index contributed by atoms with van der Waals surface area (Å²) >= 11 is 0. The molecule has 0 aliphatic rings. The third-order valence-corrected chi connectivity index (χ3v) is 4.62. The molecule has 0 unspecified atom stereocenters. The molecule has 148 valence electrons. The molecule has 0 saturated heterocycles. The van der Waals surface area contributed by atoms with Gasteiger partial charge < -0.3 is 10.6 Å². The maximum Gasteiger partial charge on any atom is 0.255 e. The second-order valence-corrected chi connectivity index (χ2v) is 8.07. The molecule has 2 N–H and O–H groups in total. The highest BCUT2D eigenvalue weighted by atomic mass is 16.2. The number of carbonyl (C=O) groups excluding carboxylic acids is 2. The van der Waals surface area contributed by atoms with Gasteiger partial charge in [-0.1, -0.05) is 69.3 Å². The van der Waals surface area contributed by atoms with Crippen LogP contribution in [0.4, 0.5) is 11.4 Å². The first-order chi connectivity index (χ1) is 13.8. The molecule has 0 aromatic heterocycles. The predicted molar refractivity (Wildman–Crippen MR) is 118 cm³/mol. The van der Waals surface area contributed by atoms with E-state index in [1.165, 1.54) is 5.56 Å². The largest absolute Gasteiger partial charge is 0.326 e. The summed E-state index contributed by atoms with van der Waals surface area (Å²) in [5.41, 5.74) is 4.04. The predicted octanol–water partition coefficient (Wildman–Crippen LogP) is 5.42. The fourth-order valence-electron chi connectivity index (χ4n) is 2.99. The Kier molecular flexibility index (Phi) is 6.13. The second kappa shape index (κ2) is 8.74. The Bertz CT molecular complexity index is 987. The summed E-state index contributed by atoms with van der Waals surface area (Å²) in [6.45, 7) is 6.42. The van der Waals surface area contributed by atoms with E-state index in [0.717, 1.165) is 5.56 Å². The molecule has 0 spiro atoms. The fourth-order valence-corrected chi connectivity index (χ4v) is 2.99. The van der Waals surface area contributed by atoms with Gasteiger partial charge >= 0.3 is 0 Å². The van der Waals surface area contributed by atoms with Gasteiger partial charge in [-0.25, -0.2) is 0 Å². The molecule has 0 atom stereocenters. The lowest BCUT2D eigenvalue weighted by atomic mass is 9.87. The molecule has 0 aliphatic heterocycles. The normalized spacial score (nSPS) is 11.0. The molecular formula is C25H26N2O2. The number of anilines is 2. The molecular weight excluding hydrogens is 360 g/mol. The van der Waals surface area contributed by atoms with E-state index in [-0.39, 0.29) is 17.2 Å². The third kappa shape index (κ3) is 5.79. The number of benzene rings is 3. The van der Waals surface area contributed by atoms with Crippen LogP contribution < -0.4 is 10.6 Å². The van der Waals surface area contributed by atoms with Crippen LogP contribution in [0.25, 0.3) is 0 Å². The van der Waals surface area contributed by atoms with Crippen LogP contribution in [-0.2, 0) is 16.6 Å². The van der Waals surface area contributed by atoms with E-state index in [2.05, 4.69) is 31.4 Å². The van der Waals surface area contributed by atoms with Crippen molar-refractivity contribution in [3.63, 3.8) is 0 Å². The summed E-state index contributed by atoms with van der Waals surface area (Å²) < 4.78 is 0. The molecule has 0 bridgehead atoms. The van der Waals surface area contributed by atoms with Crippen LogP contribution in [0.15, 0.2) is 78.9 Å². The molecule has 0 radical (unpaired) electrons. The number of nitrogens with one attached hydrogen (secondary N) is 2. The molecule has 0 fully saturated rings. The Morgan fingerprint density at radius 2 is 1.38 bits per heavy atom. The van der Waals surface area contributed by atoms with Crippen molar-refractivity contribution in [3.8, 4) is 0 Å². The van der Waals surface area contributed by atoms with Crippen molar-refractivity contribution in [2.24, 2.45) is 0 Å². The van der Waals surface area contributed by atoms with E-state index in [9.17, 15) is 9.59 Å². The van der Waals surface area contributed by atoms with Crippen molar-refractivity contribution in [1.82, 2.24) is 0 Å². The van der Waals surface area contributed by atoms with Crippen LogP contribution in [0.5, 0.6) is 0 Å². The Labute approximate surface area is 172 Å².